The van der Waals surface area contributed by atoms with Gasteiger partial charge in [-0.3, -0.25) is 15.1 Å². The normalized spacial score (nSPS) is 11.0. The summed E-state index contributed by atoms with van der Waals surface area (Å²) in [6.07, 6.45) is 3.57. The Hall–Kier alpha value is -3.34. The number of hydrogen-bond donors (Lipinski definition) is 0. The largest absolute Gasteiger partial charge is 0.269 e. The van der Waals surface area contributed by atoms with Crippen molar-refractivity contribution in [2.45, 2.75) is 0 Å². The van der Waals surface area contributed by atoms with Gasteiger partial charge in [0.2, 0.25) is 0 Å². The van der Waals surface area contributed by atoms with Crippen LogP contribution in [0.3, 0.4) is 0 Å². The Morgan fingerprint density at radius 1 is 0.870 bits per heavy atom. The molecule has 0 aliphatic carbocycles. The molecule has 0 fully saturated rings. The molecular weight excluding hydrogens is 290 g/mol. The topological polar surface area (TPSA) is 68.9 Å². The van der Waals surface area contributed by atoms with E-state index in [1.54, 1.807) is 18.3 Å². The predicted octanol–water partition coefficient (Wildman–Crippen LogP) is 4.36. The lowest BCUT2D eigenvalue weighted by Crippen LogP contribution is -1.89. The van der Waals surface area contributed by atoms with Crippen LogP contribution in [0.25, 0.3) is 32.9 Å². The fraction of sp³-hybridized carbons (Fsp3) is 0. The summed E-state index contributed by atoms with van der Waals surface area (Å²) < 4.78 is 0. The van der Waals surface area contributed by atoms with E-state index in [1.807, 2.05) is 36.5 Å². The minimum atomic E-state index is -0.405. The molecule has 0 aliphatic rings. The van der Waals surface area contributed by atoms with Crippen LogP contribution in [0.1, 0.15) is 0 Å². The van der Waals surface area contributed by atoms with Crippen LogP contribution in [-0.2, 0) is 0 Å². The van der Waals surface area contributed by atoms with Gasteiger partial charge >= 0.3 is 0 Å². The summed E-state index contributed by atoms with van der Waals surface area (Å²) in [6.45, 7) is 0. The molecule has 4 aromatic rings. The average molecular weight is 301 g/mol. The van der Waals surface area contributed by atoms with Gasteiger partial charge in [-0.15, -0.1) is 0 Å². The fourth-order valence-corrected chi connectivity index (χ4v) is 2.67. The first-order valence-electron chi connectivity index (χ1n) is 7.11. The molecule has 4 rings (SSSR count). The SMILES string of the molecule is O=[N+]([O-])c1ccc(-c2ccc3ccc4cnccc4c3n2)cc1. The van der Waals surface area contributed by atoms with Gasteiger partial charge < -0.3 is 0 Å². The summed E-state index contributed by atoms with van der Waals surface area (Å²) in [5.74, 6) is 0. The number of nitro groups is 1. The molecule has 0 radical (unpaired) electrons. The zero-order chi connectivity index (χ0) is 15.8. The summed E-state index contributed by atoms with van der Waals surface area (Å²) >= 11 is 0. The van der Waals surface area contributed by atoms with Gasteiger partial charge in [0.05, 0.1) is 16.1 Å². The molecule has 0 spiro atoms. The van der Waals surface area contributed by atoms with Gasteiger partial charge in [-0.25, -0.2) is 4.98 Å². The number of non-ortho nitro benzene ring substituents is 1. The van der Waals surface area contributed by atoms with Crippen molar-refractivity contribution in [2.24, 2.45) is 0 Å². The Balaban J connectivity index is 1.90. The van der Waals surface area contributed by atoms with Crippen molar-refractivity contribution in [1.29, 1.82) is 0 Å². The number of aromatic nitrogens is 2. The number of benzene rings is 2. The summed E-state index contributed by atoms with van der Waals surface area (Å²) in [6, 6.07) is 16.4. The molecular formula is C18H11N3O2. The van der Waals surface area contributed by atoms with Crippen molar-refractivity contribution >= 4 is 27.4 Å². The maximum atomic E-state index is 10.8. The molecule has 0 atom stereocenters. The second-order valence-electron chi connectivity index (χ2n) is 5.23. The van der Waals surface area contributed by atoms with E-state index < -0.39 is 4.92 Å². The average Bonchev–Trinajstić information content (AvgIpc) is 2.61. The lowest BCUT2D eigenvalue weighted by atomic mass is 10.1. The van der Waals surface area contributed by atoms with Crippen molar-refractivity contribution in [3.8, 4) is 11.3 Å². The molecule has 0 aliphatic heterocycles. The highest BCUT2D eigenvalue weighted by Crippen LogP contribution is 2.27. The number of rotatable bonds is 2. The summed E-state index contributed by atoms with van der Waals surface area (Å²) in [5, 5.41) is 13.9. The molecule has 0 N–H and O–H groups in total. The number of nitro benzene ring substituents is 1. The van der Waals surface area contributed by atoms with Crippen LogP contribution in [0.15, 0.2) is 67.0 Å². The van der Waals surface area contributed by atoms with Crippen LogP contribution in [0.2, 0.25) is 0 Å². The van der Waals surface area contributed by atoms with E-state index in [1.165, 1.54) is 12.1 Å². The first-order chi connectivity index (χ1) is 11.2. The third-order valence-corrected chi connectivity index (χ3v) is 3.85. The van der Waals surface area contributed by atoms with Gasteiger partial charge in [0.1, 0.15) is 0 Å². The highest BCUT2D eigenvalue weighted by molar-refractivity contribution is 6.05. The third-order valence-electron chi connectivity index (χ3n) is 3.85. The quantitative estimate of drug-likeness (QED) is 0.313. The minimum Gasteiger partial charge on any atom is -0.264 e. The molecule has 2 heterocycles. The number of pyridine rings is 2. The first-order valence-corrected chi connectivity index (χ1v) is 7.11. The number of fused-ring (bicyclic) bond motifs is 3. The molecule has 0 bridgehead atoms. The smallest absolute Gasteiger partial charge is 0.264 e. The highest BCUT2D eigenvalue weighted by Gasteiger charge is 2.08. The molecule has 2 aromatic carbocycles. The third kappa shape index (κ3) is 2.28. The fourth-order valence-electron chi connectivity index (χ4n) is 2.67. The number of hydrogen-bond acceptors (Lipinski definition) is 4. The highest BCUT2D eigenvalue weighted by atomic mass is 16.6. The van der Waals surface area contributed by atoms with E-state index in [2.05, 4.69) is 4.98 Å². The molecule has 0 amide bonds. The van der Waals surface area contributed by atoms with Crippen LogP contribution in [0.4, 0.5) is 5.69 Å². The van der Waals surface area contributed by atoms with E-state index >= 15 is 0 Å². The van der Waals surface area contributed by atoms with Crippen molar-refractivity contribution in [1.82, 2.24) is 9.97 Å². The molecule has 0 saturated heterocycles. The van der Waals surface area contributed by atoms with Crippen LogP contribution in [0.5, 0.6) is 0 Å². The van der Waals surface area contributed by atoms with Crippen LogP contribution in [-0.4, -0.2) is 14.9 Å². The van der Waals surface area contributed by atoms with Crippen LogP contribution >= 0.6 is 0 Å². The van der Waals surface area contributed by atoms with Crippen LogP contribution < -0.4 is 0 Å². The lowest BCUT2D eigenvalue weighted by molar-refractivity contribution is -0.384. The Labute approximate surface area is 131 Å². The second-order valence-corrected chi connectivity index (χ2v) is 5.23. The summed E-state index contributed by atoms with van der Waals surface area (Å²) in [5.41, 5.74) is 2.62. The van der Waals surface area contributed by atoms with Gasteiger partial charge in [0.15, 0.2) is 0 Å². The zero-order valence-corrected chi connectivity index (χ0v) is 12.0. The maximum absolute atomic E-state index is 10.8. The molecule has 23 heavy (non-hydrogen) atoms. The second kappa shape index (κ2) is 5.14. The van der Waals surface area contributed by atoms with E-state index in [-0.39, 0.29) is 5.69 Å². The van der Waals surface area contributed by atoms with Crippen molar-refractivity contribution in [2.75, 3.05) is 0 Å². The maximum Gasteiger partial charge on any atom is 0.269 e. The van der Waals surface area contributed by atoms with Crippen LogP contribution in [0, 0.1) is 10.1 Å². The summed E-state index contributed by atoms with van der Waals surface area (Å²) in [7, 11) is 0. The Morgan fingerprint density at radius 2 is 1.61 bits per heavy atom. The Morgan fingerprint density at radius 3 is 2.39 bits per heavy atom. The van der Waals surface area contributed by atoms with Gasteiger partial charge in [0.25, 0.3) is 5.69 Å². The van der Waals surface area contributed by atoms with Gasteiger partial charge in [-0.2, -0.15) is 0 Å². The Bertz CT molecular complexity index is 1040. The van der Waals surface area contributed by atoms with Crippen molar-refractivity contribution in [3.63, 3.8) is 0 Å². The minimum absolute atomic E-state index is 0.0751. The molecule has 2 aromatic heterocycles. The van der Waals surface area contributed by atoms with E-state index in [0.29, 0.717) is 0 Å². The first kappa shape index (κ1) is 13.3. The lowest BCUT2D eigenvalue weighted by Gasteiger charge is -2.06. The van der Waals surface area contributed by atoms with Crippen molar-refractivity contribution in [3.05, 3.63) is 77.1 Å². The van der Waals surface area contributed by atoms with E-state index in [9.17, 15) is 10.1 Å². The molecule has 0 unspecified atom stereocenters. The monoisotopic (exact) mass is 301 g/mol. The van der Waals surface area contributed by atoms with Gasteiger partial charge in [-0.05, 0) is 24.3 Å². The predicted molar refractivity (Wildman–Crippen MR) is 89.1 cm³/mol. The standard InChI is InChI=1S/C18H11N3O2/c22-21(23)15-6-3-12(4-7-15)17-8-5-13-1-2-14-11-19-10-9-16(14)18(13)20-17/h1-11H. The summed E-state index contributed by atoms with van der Waals surface area (Å²) in [4.78, 5) is 19.2. The van der Waals surface area contributed by atoms with Gasteiger partial charge in [0, 0.05) is 46.2 Å². The van der Waals surface area contributed by atoms with E-state index in [4.69, 9.17) is 4.98 Å². The zero-order valence-electron chi connectivity index (χ0n) is 12.0. The number of nitrogens with zero attached hydrogens (tertiary/aromatic N) is 3. The van der Waals surface area contributed by atoms with Gasteiger partial charge in [-0.1, -0.05) is 18.2 Å². The van der Waals surface area contributed by atoms with E-state index in [0.717, 1.165) is 32.9 Å². The van der Waals surface area contributed by atoms with Crippen molar-refractivity contribution < 1.29 is 4.92 Å². The molecule has 110 valence electrons. The Kier molecular flexibility index (Phi) is 2.98. The molecule has 5 nitrogen and oxygen atoms in total. The molecule has 5 heteroatoms. The molecule has 0 saturated carbocycles.